The normalized spacial score (nSPS) is 12.8. The zero-order valence-corrected chi connectivity index (χ0v) is 56.3. The first-order chi connectivity index (χ1) is 38.5. The molecule has 0 bridgehead atoms. The van der Waals surface area contributed by atoms with Crippen molar-refractivity contribution in [2.24, 2.45) is 5.41 Å². The van der Waals surface area contributed by atoms with Crippen LogP contribution in [0.25, 0.3) is 4.85 Å². The van der Waals surface area contributed by atoms with E-state index in [1.165, 1.54) is 23.5 Å². The van der Waals surface area contributed by atoms with Crippen molar-refractivity contribution in [1.82, 2.24) is 21.3 Å². The molecular formula is C61H97N8O10S6+. The number of quaternary nitrogens is 2. The third-order valence-electron chi connectivity index (χ3n) is 12.2. The number of thiocarbonyl (C=S) groups is 2. The van der Waals surface area contributed by atoms with Gasteiger partial charge in [-0.1, -0.05) is 148 Å². The minimum absolute atomic E-state index is 0. The maximum absolute atomic E-state index is 13.9. The predicted octanol–water partition coefficient (Wildman–Crippen LogP) is 9.48. The van der Waals surface area contributed by atoms with Crippen LogP contribution in [0, 0.1) is 23.3 Å². The van der Waals surface area contributed by atoms with Crippen LogP contribution in [0.5, 0.6) is 0 Å². The van der Waals surface area contributed by atoms with Gasteiger partial charge in [0.25, 0.3) is 10.1 Å². The molecule has 0 heterocycles. The molecule has 0 saturated heterocycles. The van der Waals surface area contributed by atoms with Gasteiger partial charge < -0.3 is 39.6 Å². The lowest BCUT2D eigenvalue weighted by molar-refractivity contribution is -0.890. The van der Waals surface area contributed by atoms with Crippen molar-refractivity contribution in [1.29, 1.82) is 5.26 Å². The number of carbonyl (C=O) groups excluding carboxylic acids is 4. The molecule has 0 aromatic heterocycles. The van der Waals surface area contributed by atoms with Crippen LogP contribution in [-0.2, 0) is 39.4 Å². The summed E-state index contributed by atoms with van der Waals surface area (Å²) in [7, 11) is -0.240. The average molecular weight is 1290 g/mol. The molecular weight excluding hydrogens is 1200 g/mol. The van der Waals surface area contributed by atoms with Gasteiger partial charge in [-0.2, -0.15) is 13.7 Å². The minimum Gasteiger partial charge on any atom is -0.748 e. The Morgan fingerprint density at radius 3 is 1.48 bits per heavy atom. The summed E-state index contributed by atoms with van der Waals surface area (Å²) in [6.45, 7) is 40.4. The van der Waals surface area contributed by atoms with E-state index in [0.29, 0.717) is 82.8 Å². The first-order valence-electron chi connectivity index (χ1n) is 27.1. The van der Waals surface area contributed by atoms with Crippen LogP contribution in [0.15, 0.2) is 110 Å². The van der Waals surface area contributed by atoms with E-state index in [1.54, 1.807) is 53.7 Å². The fourth-order valence-electron chi connectivity index (χ4n) is 7.87. The Morgan fingerprint density at radius 1 is 0.682 bits per heavy atom. The number of hydrogen-bond donors (Lipinski definition) is 5. The first kappa shape index (κ1) is 84.1. The number of nitrogens with one attached hydrogen (secondary N) is 4. The molecule has 24 heteroatoms. The lowest BCUT2D eigenvalue weighted by atomic mass is 9.72. The number of nitrogens with zero attached hydrogens (tertiary/aromatic N) is 4. The average Bonchev–Trinajstić information content (AvgIpc) is 3.00. The van der Waals surface area contributed by atoms with Crippen molar-refractivity contribution >= 4 is 100 Å². The fraction of sp³-hybridized carbons (Fsp3) is 0.541. The van der Waals surface area contributed by atoms with Crippen molar-refractivity contribution in [2.75, 3.05) is 92.1 Å². The Hall–Kier alpha value is -5.12. The van der Waals surface area contributed by atoms with Gasteiger partial charge in [0.1, 0.15) is 4.75 Å². The highest BCUT2D eigenvalue weighted by Gasteiger charge is 2.49. The summed E-state index contributed by atoms with van der Waals surface area (Å²) in [6.07, 6.45) is 5.71. The smallest absolute Gasteiger partial charge is 0.265 e. The number of nitriles is 1. The summed E-state index contributed by atoms with van der Waals surface area (Å²) in [5, 5.41) is 20.1. The second-order valence-corrected chi connectivity index (χ2v) is 30.6. The number of rotatable bonds is 32. The van der Waals surface area contributed by atoms with Gasteiger partial charge >= 0.3 is 0 Å². The fourth-order valence-corrected chi connectivity index (χ4v) is 12.3. The van der Waals surface area contributed by atoms with Gasteiger partial charge in [0, 0.05) is 89.0 Å². The molecule has 0 radical (unpaired) electrons. The van der Waals surface area contributed by atoms with Crippen molar-refractivity contribution in [3.63, 3.8) is 0 Å². The molecule has 0 aliphatic rings. The van der Waals surface area contributed by atoms with E-state index in [1.807, 2.05) is 103 Å². The molecule has 0 aliphatic carbocycles. The number of hydrogen-bond acceptors (Lipinski definition) is 14. The molecule has 2 unspecified atom stereocenters. The molecule has 18 nitrogen and oxygen atoms in total. The second-order valence-electron chi connectivity index (χ2n) is 23.0. The highest BCUT2D eigenvalue weighted by Crippen LogP contribution is 2.44. The molecule has 85 heavy (non-hydrogen) atoms. The highest BCUT2D eigenvalue weighted by atomic mass is 32.2. The van der Waals surface area contributed by atoms with Crippen LogP contribution in [0.4, 0.5) is 0 Å². The zero-order valence-electron chi connectivity index (χ0n) is 51.4. The number of thioether (sulfide) groups is 2. The minimum atomic E-state index is -4.12. The van der Waals surface area contributed by atoms with E-state index in [2.05, 4.69) is 58.5 Å². The highest BCUT2D eigenvalue weighted by molar-refractivity contribution is 8.25. The maximum Gasteiger partial charge on any atom is 0.265 e. The van der Waals surface area contributed by atoms with Gasteiger partial charge in [-0.15, -0.1) is 13.2 Å². The van der Waals surface area contributed by atoms with Gasteiger partial charge in [-0.05, 0) is 52.2 Å². The van der Waals surface area contributed by atoms with E-state index in [-0.39, 0.29) is 61.9 Å². The maximum atomic E-state index is 13.9. The van der Waals surface area contributed by atoms with Crippen LogP contribution >= 0.6 is 48.0 Å². The van der Waals surface area contributed by atoms with Crippen molar-refractivity contribution in [2.45, 2.75) is 116 Å². The summed E-state index contributed by atoms with van der Waals surface area (Å²) in [6, 6.07) is 21.4. The summed E-state index contributed by atoms with van der Waals surface area (Å²) in [5.41, 5.74) is 0.928. The van der Waals surface area contributed by atoms with Crippen LogP contribution in [0.3, 0.4) is 0 Å². The van der Waals surface area contributed by atoms with Crippen LogP contribution in [-0.4, -0.2) is 174 Å². The lowest BCUT2D eigenvalue weighted by Crippen LogP contribution is -2.52. The number of carbonyl (C=O) groups is 4. The standard InChI is InChI=1S/C30H46N4O5S3.C12H24N2O4S.C11H11NS2.C7H11NO.CH4/c1-9-17-32-26(35)29(4,22-28(2,3)31-6)23-30(5,41-25(40)24-15-11-10-12-16-24)27(36)33-18-13-19-34(7,8)20-14-21-42(37,38)39;1-11(2)12(15)13-7-5-8-14(3,4)9-6-10-19(16,17)18;1-11(2,8-12)14-10(13)9-6-4-3-5-7-9;1-4-5-8-7(9)6(2)3;/h9-12,15-16H,1,13-14,17-23H2,2-5,7-8H3,(H2-,32,33,35,36,37,38,39);1,5-10H2,2-4H3,(H-,13,15,16,17,18);3-7H,1-2H3;4H,1-2,5H2,3H3,(H,8,9);1H4/p+1. The van der Waals surface area contributed by atoms with E-state index in [9.17, 15) is 40.6 Å². The molecule has 0 saturated carbocycles. The van der Waals surface area contributed by atoms with E-state index >= 15 is 0 Å². The molecule has 476 valence electrons. The summed E-state index contributed by atoms with van der Waals surface area (Å²) in [4.78, 5) is 53.0. The predicted molar refractivity (Wildman–Crippen MR) is 360 cm³/mol. The molecule has 0 aliphatic heterocycles. The lowest BCUT2D eigenvalue weighted by Gasteiger charge is -2.38. The quantitative estimate of drug-likeness (QED) is 0.00869. The number of amides is 4. The topological polar surface area (TPSA) is 256 Å². The van der Waals surface area contributed by atoms with E-state index in [0.717, 1.165) is 28.3 Å². The third kappa shape index (κ3) is 40.8. The van der Waals surface area contributed by atoms with Gasteiger partial charge in [0.05, 0.1) is 94.9 Å². The van der Waals surface area contributed by atoms with Crippen molar-refractivity contribution in [3.8, 4) is 6.07 Å². The Morgan fingerprint density at radius 2 is 1.08 bits per heavy atom. The molecule has 2 aromatic rings. The molecule has 0 spiro atoms. The molecule has 0 fully saturated rings. The van der Waals surface area contributed by atoms with Gasteiger partial charge in [0.2, 0.25) is 29.2 Å². The Kier molecular flexibility index (Phi) is 39.9. The molecule has 2 aromatic carbocycles. The number of benzene rings is 2. The van der Waals surface area contributed by atoms with Gasteiger partial charge in [-0.3, -0.25) is 23.7 Å². The SMILES string of the molecule is C.C=C(C)C(=O)NCCC[N+](C)(C)CCCS(=O)(=O)[O-].C=CCNC(=O)C(=C)C.CC(C)(C#N)SC(=S)c1ccccc1.[C-]#[N+]C(C)(C)CC(C)(CC(C)(SC(=S)c1ccccc1)C(=O)NCCC[N+](C)(C)CCCS(=O)(=O)O)C(=O)NCC=C. The first-order valence-corrected chi connectivity index (χ1v) is 32.7. The molecule has 2 rings (SSSR count). The van der Waals surface area contributed by atoms with Crippen LogP contribution in [0.1, 0.15) is 112 Å². The Labute approximate surface area is 530 Å². The molecule has 4 amide bonds. The second kappa shape index (κ2) is 40.4. The van der Waals surface area contributed by atoms with Crippen molar-refractivity contribution in [3.05, 3.63) is 133 Å². The zero-order chi connectivity index (χ0) is 65.2. The van der Waals surface area contributed by atoms with Gasteiger partial charge in [-0.25, -0.2) is 15.0 Å². The van der Waals surface area contributed by atoms with Gasteiger partial charge in [0.15, 0.2) is 0 Å². The third-order valence-corrected chi connectivity index (χ3v) is 17.0. The molecule has 5 N–H and O–H groups in total. The van der Waals surface area contributed by atoms with Crippen molar-refractivity contribution < 1.29 is 54.1 Å². The summed E-state index contributed by atoms with van der Waals surface area (Å²) in [5.74, 6) is -1.39. The Balaban J connectivity index is -0.00000127. The van der Waals surface area contributed by atoms with E-state index in [4.69, 9.17) is 40.8 Å². The Bertz CT molecular complexity index is 2830. The summed E-state index contributed by atoms with van der Waals surface area (Å²) < 4.78 is 63.5. The van der Waals surface area contributed by atoms with Crippen LogP contribution < -0.4 is 21.3 Å². The van der Waals surface area contributed by atoms with Crippen LogP contribution in [0.2, 0.25) is 0 Å². The van der Waals surface area contributed by atoms with E-state index < -0.39 is 40.7 Å². The largest absolute Gasteiger partial charge is 0.748 e. The molecule has 2 atom stereocenters. The monoisotopic (exact) mass is 1290 g/mol. The summed E-state index contributed by atoms with van der Waals surface area (Å²) >= 11 is 13.7.